The van der Waals surface area contributed by atoms with Gasteiger partial charge in [0.05, 0.1) is 29.3 Å². The number of amides is 1. The van der Waals surface area contributed by atoms with Crippen LogP contribution in [-0.4, -0.2) is 22.7 Å². The Bertz CT molecular complexity index is 513. The molecule has 1 heterocycles. The molecule has 1 amide bonds. The Kier molecular flexibility index (Phi) is 3.10. The topological polar surface area (TPSA) is 70.0 Å². The summed E-state index contributed by atoms with van der Waals surface area (Å²) < 4.78 is 0. The third-order valence-electron chi connectivity index (χ3n) is 2.27. The van der Waals surface area contributed by atoms with E-state index >= 15 is 0 Å². The normalized spacial score (nSPS) is 15.0. The minimum absolute atomic E-state index is 0.0253. The number of carboxylic acid groups (broad SMARTS) is 1. The van der Waals surface area contributed by atoms with E-state index in [9.17, 15) is 9.59 Å². The first-order valence-electron chi connectivity index (χ1n) is 4.93. The van der Waals surface area contributed by atoms with Crippen molar-refractivity contribution in [1.29, 1.82) is 0 Å². The molecule has 88 valence electrons. The van der Waals surface area contributed by atoms with Crippen molar-refractivity contribution in [1.82, 2.24) is 0 Å². The van der Waals surface area contributed by atoms with Gasteiger partial charge in [-0.2, -0.15) is 10.1 Å². The van der Waals surface area contributed by atoms with Crippen molar-refractivity contribution >= 4 is 34.9 Å². The summed E-state index contributed by atoms with van der Waals surface area (Å²) in [7, 11) is 0. The Morgan fingerprint density at radius 1 is 1.47 bits per heavy atom. The maximum Gasteiger partial charge on any atom is 0.309 e. The van der Waals surface area contributed by atoms with Gasteiger partial charge in [-0.1, -0.05) is 23.7 Å². The highest BCUT2D eigenvalue weighted by atomic mass is 35.5. The minimum Gasteiger partial charge on any atom is -0.481 e. The van der Waals surface area contributed by atoms with Crippen LogP contribution in [0.1, 0.15) is 12.8 Å². The second kappa shape index (κ2) is 4.55. The summed E-state index contributed by atoms with van der Waals surface area (Å²) >= 11 is 5.94. The molecule has 0 aliphatic carbocycles. The van der Waals surface area contributed by atoms with Gasteiger partial charge in [-0.15, -0.1) is 0 Å². The molecule has 1 aliphatic rings. The van der Waals surface area contributed by atoms with Crippen LogP contribution in [0.15, 0.2) is 29.4 Å². The fourth-order valence-electron chi connectivity index (χ4n) is 1.57. The van der Waals surface area contributed by atoms with Gasteiger partial charge in [0.15, 0.2) is 0 Å². The van der Waals surface area contributed by atoms with E-state index < -0.39 is 5.97 Å². The van der Waals surface area contributed by atoms with Crippen molar-refractivity contribution in [3.8, 4) is 0 Å². The number of benzene rings is 1. The fourth-order valence-corrected chi connectivity index (χ4v) is 1.78. The first-order valence-corrected chi connectivity index (χ1v) is 5.31. The van der Waals surface area contributed by atoms with E-state index in [1.807, 2.05) is 0 Å². The van der Waals surface area contributed by atoms with E-state index in [2.05, 4.69) is 5.10 Å². The number of aliphatic carboxylic acids is 1. The predicted molar refractivity (Wildman–Crippen MR) is 63.2 cm³/mol. The van der Waals surface area contributed by atoms with Crippen LogP contribution in [-0.2, 0) is 9.59 Å². The second-order valence-corrected chi connectivity index (χ2v) is 3.98. The van der Waals surface area contributed by atoms with Crippen molar-refractivity contribution in [2.24, 2.45) is 5.10 Å². The number of hydrazone groups is 1. The van der Waals surface area contributed by atoms with Crippen LogP contribution in [0.4, 0.5) is 5.69 Å². The van der Waals surface area contributed by atoms with Crippen molar-refractivity contribution in [3.63, 3.8) is 0 Å². The number of carbonyl (C=O) groups is 2. The van der Waals surface area contributed by atoms with Crippen LogP contribution < -0.4 is 5.01 Å². The molecule has 0 saturated carbocycles. The van der Waals surface area contributed by atoms with E-state index in [1.54, 1.807) is 24.3 Å². The van der Waals surface area contributed by atoms with Gasteiger partial charge in [0.25, 0.3) is 5.91 Å². The van der Waals surface area contributed by atoms with E-state index in [1.165, 1.54) is 0 Å². The van der Waals surface area contributed by atoms with Gasteiger partial charge < -0.3 is 5.11 Å². The molecule has 0 radical (unpaired) electrons. The Labute approximate surface area is 102 Å². The van der Waals surface area contributed by atoms with E-state index in [4.69, 9.17) is 16.7 Å². The number of nitrogens with zero attached hydrogens (tertiary/aromatic N) is 2. The van der Waals surface area contributed by atoms with Crippen molar-refractivity contribution in [3.05, 3.63) is 29.3 Å². The van der Waals surface area contributed by atoms with Crippen LogP contribution in [0.25, 0.3) is 0 Å². The summed E-state index contributed by atoms with van der Waals surface area (Å²) in [5.74, 6) is -1.27. The molecule has 5 nitrogen and oxygen atoms in total. The number of anilines is 1. The molecule has 0 bridgehead atoms. The summed E-state index contributed by atoms with van der Waals surface area (Å²) in [5, 5.41) is 14.2. The molecular formula is C11H9ClN2O3. The van der Waals surface area contributed by atoms with Gasteiger partial charge in [0.1, 0.15) is 0 Å². The lowest BCUT2D eigenvalue weighted by molar-refractivity contribution is -0.135. The molecule has 1 aromatic carbocycles. The van der Waals surface area contributed by atoms with Gasteiger partial charge in [0.2, 0.25) is 0 Å². The van der Waals surface area contributed by atoms with Gasteiger partial charge in [-0.05, 0) is 12.1 Å². The molecule has 0 spiro atoms. The van der Waals surface area contributed by atoms with Crippen LogP contribution in [0.2, 0.25) is 5.02 Å². The lowest BCUT2D eigenvalue weighted by Gasteiger charge is -2.12. The molecule has 6 heteroatoms. The zero-order chi connectivity index (χ0) is 12.4. The van der Waals surface area contributed by atoms with Crippen molar-refractivity contribution in [2.75, 3.05) is 5.01 Å². The average molecular weight is 253 g/mol. The van der Waals surface area contributed by atoms with Crippen LogP contribution >= 0.6 is 11.6 Å². The van der Waals surface area contributed by atoms with Gasteiger partial charge in [-0.3, -0.25) is 9.59 Å². The minimum atomic E-state index is -1.00. The average Bonchev–Trinajstić information content (AvgIpc) is 2.59. The number of hydrogen-bond acceptors (Lipinski definition) is 3. The number of halogens is 1. The Hall–Kier alpha value is -1.88. The predicted octanol–water partition coefficient (Wildman–Crippen LogP) is 1.91. The number of carboxylic acids is 1. The molecule has 0 saturated heterocycles. The monoisotopic (exact) mass is 252 g/mol. The zero-order valence-corrected chi connectivity index (χ0v) is 9.52. The Morgan fingerprint density at radius 2 is 2.18 bits per heavy atom. The van der Waals surface area contributed by atoms with E-state index in [0.29, 0.717) is 16.4 Å². The highest BCUT2D eigenvalue weighted by Gasteiger charge is 2.27. The molecule has 0 fully saturated rings. The smallest absolute Gasteiger partial charge is 0.309 e. The molecule has 1 aromatic rings. The third-order valence-corrected chi connectivity index (χ3v) is 2.59. The molecule has 17 heavy (non-hydrogen) atoms. The molecule has 2 rings (SSSR count). The summed E-state index contributed by atoms with van der Waals surface area (Å²) in [6.07, 6.45) is -0.204. The number of para-hydroxylation sites is 1. The summed E-state index contributed by atoms with van der Waals surface area (Å²) in [5.41, 5.74) is 0.807. The molecule has 1 aliphatic heterocycles. The van der Waals surface area contributed by atoms with Crippen LogP contribution in [0, 0.1) is 0 Å². The molecule has 1 N–H and O–H groups in total. The molecule has 0 unspecified atom stereocenters. The maximum atomic E-state index is 11.7. The highest BCUT2D eigenvalue weighted by Crippen LogP contribution is 2.28. The Balaban J connectivity index is 2.28. The van der Waals surface area contributed by atoms with Gasteiger partial charge >= 0.3 is 5.97 Å². The van der Waals surface area contributed by atoms with Crippen molar-refractivity contribution in [2.45, 2.75) is 12.8 Å². The third kappa shape index (κ3) is 2.45. The summed E-state index contributed by atoms with van der Waals surface area (Å²) in [4.78, 5) is 22.2. The van der Waals surface area contributed by atoms with Gasteiger partial charge in [0, 0.05) is 0 Å². The molecular weight excluding hydrogens is 244 g/mol. The van der Waals surface area contributed by atoms with Gasteiger partial charge in [-0.25, -0.2) is 0 Å². The lowest BCUT2D eigenvalue weighted by Crippen LogP contribution is -2.19. The highest BCUT2D eigenvalue weighted by molar-refractivity contribution is 6.34. The number of rotatable bonds is 3. The van der Waals surface area contributed by atoms with Crippen molar-refractivity contribution < 1.29 is 14.7 Å². The largest absolute Gasteiger partial charge is 0.481 e. The van der Waals surface area contributed by atoms with E-state index in [-0.39, 0.29) is 18.7 Å². The SMILES string of the molecule is O=C(O)CC1=NN(c2ccccc2Cl)C(=O)C1. The van der Waals surface area contributed by atoms with Crippen LogP contribution in [0.5, 0.6) is 0 Å². The lowest BCUT2D eigenvalue weighted by atomic mass is 10.2. The Morgan fingerprint density at radius 3 is 2.82 bits per heavy atom. The van der Waals surface area contributed by atoms with E-state index in [0.717, 1.165) is 5.01 Å². The molecule has 0 aromatic heterocycles. The maximum absolute atomic E-state index is 11.7. The fraction of sp³-hybridized carbons (Fsp3) is 0.182. The summed E-state index contributed by atoms with van der Waals surface area (Å²) in [6, 6.07) is 6.79. The molecule has 0 atom stereocenters. The second-order valence-electron chi connectivity index (χ2n) is 3.57. The zero-order valence-electron chi connectivity index (χ0n) is 8.76. The number of carbonyl (C=O) groups excluding carboxylic acids is 1. The first kappa shape index (κ1) is 11.6. The standard InChI is InChI=1S/C11H9ClN2O3/c12-8-3-1-2-4-9(8)14-10(15)5-7(13-14)6-11(16)17/h1-4H,5-6H2,(H,16,17). The quantitative estimate of drug-likeness (QED) is 0.893. The number of hydrogen-bond donors (Lipinski definition) is 1. The van der Waals surface area contributed by atoms with Crippen LogP contribution in [0.3, 0.4) is 0 Å². The summed E-state index contributed by atoms with van der Waals surface area (Å²) in [6.45, 7) is 0. The first-order chi connectivity index (χ1) is 8.08.